The highest BCUT2D eigenvalue weighted by atomic mass is 32.1. The minimum atomic E-state index is -0.118. The molecule has 2 amide bonds. The van der Waals surface area contributed by atoms with Crippen molar-refractivity contribution in [3.05, 3.63) is 40.6 Å². The molecule has 0 radical (unpaired) electrons. The first-order chi connectivity index (χ1) is 11.2. The maximum absolute atomic E-state index is 12.5. The van der Waals surface area contributed by atoms with Crippen molar-refractivity contribution in [3.8, 4) is 11.5 Å². The maximum Gasteiger partial charge on any atom is 0.322 e. The molecule has 0 aliphatic heterocycles. The van der Waals surface area contributed by atoms with Crippen LogP contribution in [0.3, 0.4) is 0 Å². The molecular formula is C17H22N2O3S. The van der Waals surface area contributed by atoms with Gasteiger partial charge < -0.3 is 19.7 Å². The van der Waals surface area contributed by atoms with Crippen LogP contribution in [0.4, 0.5) is 10.5 Å². The third-order valence-corrected chi connectivity index (χ3v) is 4.20. The molecule has 1 aromatic carbocycles. The second-order valence-electron chi connectivity index (χ2n) is 5.00. The number of carbonyl (C=O) groups is 1. The van der Waals surface area contributed by atoms with Gasteiger partial charge in [0, 0.05) is 23.2 Å². The number of hydrogen-bond donors (Lipinski definition) is 1. The van der Waals surface area contributed by atoms with Crippen molar-refractivity contribution in [3.63, 3.8) is 0 Å². The van der Waals surface area contributed by atoms with Gasteiger partial charge in [-0.2, -0.15) is 0 Å². The predicted octanol–water partition coefficient (Wildman–Crippen LogP) is 4.21. The molecule has 0 saturated heterocycles. The van der Waals surface area contributed by atoms with Crippen LogP contribution in [0.25, 0.3) is 0 Å². The van der Waals surface area contributed by atoms with E-state index in [1.807, 2.05) is 22.4 Å². The zero-order chi connectivity index (χ0) is 16.7. The molecule has 0 atom stereocenters. The summed E-state index contributed by atoms with van der Waals surface area (Å²) >= 11 is 1.65. The van der Waals surface area contributed by atoms with E-state index < -0.39 is 0 Å². The standard InChI is InChI=1S/C17H22N2O3S/c1-4-9-19(12-14-6-5-10-23-14)17(20)18-13-7-8-15(21-2)16(11-13)22-3/h5-8,10-11H,4,9,12H2,1-3H3,(H,18,20). The van der Waals surface area contributed by atoms with E-state index in [1.54, 1.807) is 43.8 Å². The summed E-state index contributed by atoms with van der Waals surface area (Å²) in [4.78, 5) is 15.5. The third kappa shape index (κ3) is 4.63. The van der Waals surface area contributed by atoms with Crippen LogP contribution in [-0.4, -0.2) is 31.7 Å². The van der Waals surface area contributed by atoms with Gasteiger partial charge >= 0.3 is 6.03 Å². The second-order valence-corrected chi connectivity index (χ2v) is 6.03. The van der Waals surface area contributed by atoms with E-state index in [4.69, 9.17) is 9.47 Å². The van der Waals surface area contributed by atoms with Gasteiger partial charge in [-0.05, 0) is 30.0 Å². The lowest BCUT2D eigenvalue weighted by molar-refractivity contribution is 0.209. The second kappa shape index (κ2) is 8.43. The topological polar surface area (TPSA) is 50.8 Å². The molecular weight excluding hydrogens is 312 g/mol. The third-order valence-electron chi connectivity index (χ3n) is 3.34. The molecule has 1 heterocycles. The minimum Gasteiger partial charge on any atom is -0.493 e. The van der Waals surface area contributed by atoms with Crippen LogP contribution in [0.1, 0.15) is 18.2 Å². The summed E-state index contributed by atoms with van der Waals surface area (Å²) in [5.74, 6) is 1.22. The smallest absolute Gasteiger partial charge is 0.322 e. The molecule has 0 spiro atoms. The summed E-state index contributed by atoms with van der Waals surface area (Å²) in [6.07, 6.45) is 0.907. The van der Waals surface area contributed by atoms with Crippen LogP contribution in [0.15, 0.2) is 35.7 Å². The molecule has 1 N–H and O–H groups in total. The number of ether oxygens (including phenoxy) is 2. The lowest BCUT2D eigenvalue weighted by Gasteiger charge is -2.22. The number of carbonyl (C=O) groups excluding carboxylic acids is 1. The van der Waals surface area contributed by atoms with Crippen molar-refractivity contribution >= 4 is 23.1 Å². The van der Waals surface area contributed by atoms with Gasteiger partial charge in [0.1, 0.15) is 0 Å². The first kappa shape index (κ1) is 17.1. The summed E-state index contributed by atoms with van der Waals surface area (Å²) in [7, 11) is 3.16. The van der Waals surface area contributed by atoms with E-state index in [2.05, 4.69) is 12.2 Å². The number of anilines is 1. The summed E-state index contributed by atoms with van der Waals surface area (Å²) < 4.78 is 10.5. The Bertz CT molecular complexity index is 629. The van der Waals surface area contributed by atoms with Gasteiger partial charge in [-0.25, -0.2) is 4.79 Å². The summed E-state index contributed by atoms with van der Waals surface area (Å²) in [5, 5.41) is 4.94. The lowest BCUT2D eigenvalue weighted by Crippen LogP contribution is -2.34. The van der Waals surface area contributed by atoms with E-state index >= 15 is 0 Å². The zero-order valence-corrected chi connectivity index (χ0v) is 14.5. The van der Waals surface area contributed by atoms with Gasteiger partial charge in [0.25, 0.3) is 0 Å². The number of rotatable bonds is 7. The number of thiophene rings is 1. The Hall–Kier alpha value is -2.21. The summed E-state index contributed by atoms with van der Waals surface area (Å²) in [6.45, 7) is 3.38. The molecule has 23 heavy (non-hydrogen) atoms. The first-order valence-electron chi connectivity index (χ1n) is 7.48. The van der Waals surface area contributed by atoms with E-state index in [1.165, 1.54) is 4.88 Å². The van der Waals surface area contributed by atoms with Gasteiger partial charge in [0.15, 0.2) is 11.5 Å². The highest BCUT2D eigenvalue weighted by Gasteiger charge is 2.15. The quantitative estimate of drug-likeness (QED) is 0.825. The highest BCUT2D eigenvalue weighted by molar-refractivity contribution is 7.09. The van der Waals surface area contributed by atoms with Crippen LogP contribution in [-0.2, 0) is 6.54 Å². The molecule has 1 aromatic heterocycles. The largest absolute Gasteiger partial charge is 0.493 e. The molecule has 0 fully saturated rings. The van der Waals surface area contributed by atoms with Gasteiger partial charge in [0.2, 0.25) is 0 Å². The Morgan fingerprint density at radius 3 is 2.61 bits per heavy atom. The average molecular weight is 334 g/mol. The van der Waals surface area contributed by atoms with Crippen molar-refractivity contribution in [1.82, 2.24) is 4.90 Å². The Labute approximate surface area is 140 Å². The van der Waals surface area contributed by atoms with Gasteiger partial charge in [0.05, 0.1) is 20.8 Å². The van der Waals surface area contributed by atoms with Crippen LogP contribution >= 0.6 is 11.3 Å². The number of urea groups is 1. The molecule has 0 saturated carbocycles. The van der Waals surface area contributed by atoms with Crippen molar-refractivity contribution in [2.75, 3.05) is 26.1 Å². The fourth-order valence-corrected chi connectivity index (χ4v) is 2.95. The predicted molar refractivity (Wildman–Crippen MR) is 93.6 cm³/mol. The monoisotopic (exact) mass is 334 g/mol. The SMILES string of the molecule is CCCN(Cc1cccs1)C(=O)Nc1ccc(OC)c(OC)c1. The maximum atomic E-state index is 12.5. The van der Waals surface area contributed by atoms with Crippen molar-refractivity contribution in [2.45, 2.75) is 19.9 Å². The lowest BCUT2D eigenvalue weighted by atomic mass is 10.2. The molecule has 0 aliphatic carbocycles. The molecule has 6 heteroatoms. The molecule has 5 nitrogen and oxygen atoms in total. The van der Waals surface area contributed by atoms with E-state index in [-0.39, 0.29) is 6.03 Å². The highest BCUT2D eigenvalue weighted by Crippen LogP contribution is 2.29. The minimum absolute atomic E-state index is 0.118. The molecule has 2 aromatic rings. The number of hydrogen-bond acceptors (Lipinski definition) is 4. The number of nitrogens with zero attached hydrogens (tertiary/aromatic N) is 1. The number of nitrogens with one attached hydrogen (secondary N) is 1. The van der Waals surface area contributed by atoms with Crippen LogP contribution in [0, 0.1) is 0 Å². The van der Waals surface area contributed by atoms with Crippen LogP contribution < -0.4 is 14.8 Å². The van der Waals surface area contributed by atoms with Crippen molar-refractivity contribution in [2.24, 2.45) is 0 Å². The fourth-order valence-electron chi connectivity index (χ4n) is 2.23. The van der Waals surface area contributed by atoms with Crippen LogP contribution in [0.2, 0.25) is 0 Å². The molecule has 2 rings (SSSR count). The first-order valence-corrected chi connectivity index (χ1v) is 8.36. The number of methoxy groups -OCH3 is 2. The van der Waals surface area contributed by atoms with Gasteiger partial charge in [-0.15, -0.1) is 11.3 Å². The zero-order valence-electron chi connectivity index (χ0n) is 13.7. The summed E-state index contributed by atoms with van der Waals surface area (Å²) in [5.41, 5.74) is 0.680. The number of benzene rings is 1. The van der Waals surface area contributed by atoms with Gasteiger partial charge in [-0.3, -0.25) is 0 Å². The van der Waals surface area contributed by atoms with Crippen LogP contribution in [0.5, 0.6) is 11.5 Å². The fraction of sp³-hybridized carbons (Fsp3) is 0.353. The Morgan fingerprint density at radius 1 is 1.22 bits per heavy atom. The molecule has 0 bridgehead atoms. The van der Waals surface area contributed by atoms with Crippen molar-refractivity contribution < 1.29 is 14.3 Å². The van der Waals surface area contributed by atoms with E-state index in [0.717, 1.165) is 6.42 Å². The van der Waals surface area contributed by atoms with Crippen molar-refractivity contribution in [1.29, 1.82) is 0 Å². The van der Waals surface area contributed by atoms with Gasteiger partial charge in [-0.1, -0.05) is 13.0 Å². The molecule has 0 unspecified atom stereocenters. The van der Waals surface area contributed by atoms with E-state index in [0.29, 0.717) is 30.3 Å². The normalized spacial score (nSPS) is 10.2. The Morgan fingerprint density at radius 2 is 2.00 bits per heavy atom. The Balaban J connectivity index is 2.08. The summed E-state index contributed by atoms with van der Waals surface area (Å²) in [6, 6.07) is 9.25. The van der Waals surface area contributed by atoms with E-state index in [9.17, 15) is 4.79 Å². The number of amides is 2. The molecule has 124 valence electrons. The molecule has 0 aliphatic rings. The average Bonchev–Trinajstić information content (AvgIpc) is 3.07. The Kier molecular flexibility index (Phi) is 6.29.